The summed E-state index contributed by atoms with van der Waals surface area (Å²) in [6.45, 7) is 8.91. The Morgan fingerprint density at radius 1 is 0.696 bits per heavy atom. The molecule has 490 valence electrons. The zero-order valence-corrected chi connectivity index (χ0v) is 51.3. The number of phenolic OH excluding ortho intramolecular Hbond substituents is 3. The molecule has 0 unspecified atom stereocenters. The second kappa shape index (κ2) is 27.2. The van der Waals surface area contributed by atoms with Crippen LogP contribution in [0.25, 0.3) is 11.1 Å². The van der Waals surface area contributed by atoms with E-state index < -0.39 is 174 Å². The molecule has 0 spiro atoms. The number of aromatic hydroxyl groups is 3. The second-order valence-corrected chi connectivity index (χ2v) is 24.1. The Balaban J connectivity index is 1.32. The summed E-state index contributed by atoms with van der Waals surface area (Å²) in [6, 6.07) is 3.44. The van der Waals surface area contributed by atoms with Crippen molar-refractivity contribution in [2.75, 3.05) is 20.7 Å². The number of nitrogens with two attached hydrogens (primary N) is 1. The number of aryl methyl sites for hydroxylation is 2. The molecule has 11 rings (SSSR count). The zero-order valence-electron chi connectivity index (χ0n) is 51.3. The Bertz CT molecular complexity index is 3750. The Kier molecular flexibility index (Phi) is 19.8. The number of benzene rings is 5. The van der Waals surface area contributed by atoms with Crippen molar-refractivity contribution in [1.82, 2.24) is 36.8 Å². The minimum absolute atomic E-state index is 0.0198. The fourth-order valence-electron chi connectivity index (χ4n) is 11.6. The summed E-state index contributed by atoms with van der Waals surface area (Å²) >= 11 is 0. The van der Waals surface area contributed by atoms with E-state index in [4.69, 9.17) is 24.7 Å². The number of likely N-dealkylation sites (N-methyl/N-ethyl adjacent to an activating group) is 1. The van der Waals surface area contributed by atoms with Crippen molar-refractivity contribution in [3.05, 3.63) is 117 Å². The van der Waals surface area contributed by atoms with Gasteiger partial charge in [0.05, 0.1) is 19.1 Å². The van der Waals surface area contributed by atoms with E-state index >= 15 is 14.4 Å². The molecule has 14 atom stereocenters. The first kappa shape index (κ1) is 67.0. The van der Waals surface area contributed by atoms with Crippen molar-refractivity contribution in [2.24, 2.45) is 11.7 Å². The van der Waals surface area contributed by atoms with Crippen molar-refractivity contribution in [1.29, 1.82) is 0 Å². The van der Waals surface area contributed by atoms with E-state index in [9.17, 15) is 64.8 Å². The fourth-order valence-corrected chi connectivity index (χ4v) is 11.6. The number of hydrogen-bond acceptors (Lipinski definition) is 21. The molecule has 5 aromatic carbocycles. The predicted octanol–water partition coefficient (Wildman–Crippen LogP) is 1.01. The molecule has 28 nitrogen and oxygen atoms in total. The number of aliphatic hydroxyl groups is 5. The first-order valence-corrected chi connectivity index (χ1v) is 29.5. The summed E-state index contributed by atoms with van der Waals surface area (Å²) in [7, 11) is 3.28. The molecule has 28 heteroatoms. The number of ether oxygens (including phenoxy) is 4. The Labute approximate surface area is 527 Å². The van der Waals surface area contributed by atoms with Gasteiger partial charge in [-0.1, -0.05) is 45.0 Å². The van der Waals surface area contributed by atoms with E-state index in [1.165, 1.54) is 55.5 Å². The normalized spacial score (nSPS) is 26.2. The number of amides is 7. The summed E-state index contributed by atoms with van der Waals surface area (Å²) in [5, 5.41) is 106. The van der Waals surface area contributed by atoms with Gasteiger partial charge < -0.3 is 102 Å². The number of hydrogen-bond donors (Lipinski definition) is 15. The molecule has 0 aliphatic carbocycles. The Hall–Kier alpha value is -9.42. The number of fused-ring (bicyclic) bond motifs is 15. The van der Waals surface area contributed by atoms with Crippen molar-refractivity contribution in [3.8, 4) is 57.1 Å². The number of primary amides is 1. The first-order valence-electron chi connectivity index (χ1n) is 29.5. The van der Waals surface area contributed by atoms with E-state index in [1.807, 2.05) is 13.8 Å². The van der Waals surface area contributed by atoms with Crippen LogP contribution in [0.1, 0.15) is 108 Å². The predicted molar refractivity (Wildman–Crippen MR) is 324 cm³/mol. The molecule has 6 heterocycles. The first-order chi connectivity index (χ1) is 43.5. The van der Waals surface area contributed by atoms with Crippen molar-refractivity contribution >= 4 is 47.6 Å². The Morgan fingerprint density at radius 2 is 1.29 bits per heavy atom. The summed E-state index contributed by atoms with van der Waals surface area (Å²) in [5.74, 6) is -11.9. The summed E-state index contributed by atoms with van der Waals surface area (Å²) in [4.78, 5) is 118. The lowest BCUT2D eigenvalue weighted by Crippen LogP contribution is -2.60. The van der Waals surface area contributed by atoms with E-state index in [0.29, 0.717) is 23.8 Å². The van der Waals surface area contributed by atoms with Crippen LogP contribution in [0.3, 0.4) is 0 Å². The fraction of sp³-hybridized carbons (Fsp3) is 0.406. The molecule has 5 aromatic rings. The molecular formula is C64H74N8O20. The van der Waals surface area contributed by atoms with Crippen LogP contribution >= 0.6 is 0 Å². The topological polar surface area (TPSA) is 437 Å². The maximum atomic E-state index is 15.9. The number of phenols is 3. The highest BCUT2D eigenvalue weighted by Gasteiger charge is 2.47. The molecule has 7 amide bonds. The average molecular weight is 1280 g/mol. The van der Waals surface area contributed by atoms with Gasteiger partial charge in [-0.15, -0.1) is 0 Å². The van der Waals surface area contributed by atoms with Crippen LogP contribution in [0.4, 0.5) is 0 Å². The van der Waals surface area contributed by atoms with Crippen LogP contribution in [0.2, 0.25) is 0 Å². The van der Waals surface area contributed by atoms with E-state index in [1.54, 1.807) is 45.8 Å². The zero-order chi connectivity index (χ0) is 67.1. The van der Waals surface area contributed by atoms with Gasteiger partial charge >= 0.3 is 0 Å². The van der Waals surface area contributed by atoms with Crippen LogP contribution < -0.4 is 51.8 Å². The molecule has 0 saturated carbocycles. The SMILES string of the molecule is Cc1cc2ccc1Oc1cc3cc(c1O[C@@H]1O[C@H](CO)[C@@H](O)[C@H](O)[C@H]1O)Oc1ccc(cc1C)[C@@H](O)[C@@H](NC(=O)[C@@H](CC(C)C)N(C)C)C(=O)N[C@@H](CC(N)=O)C(=O)N[C@H]3C(=O)N[C@H]1C(=O)N[C@H](C(=O)N[C@@H](C=O)c3cc(O)c(C)c(O)c3-c3cc1ccc3O)[C@@H]2C. The quantitative estimate of drug-likeness (QED) is 0.0821. The molecule has 92 heavy (non-hydrogen) atoms. The third-order valence-electron chi connectivity index (χ3n) is 16.8. The molecule has 1 saturated heterocycles. The summed E-state index contributed by atoms with van der Waals surface area (Å²) < 4.78 is 25.6. The van der Waals surface area contributed by atoms with E-state index in [2.05, 4.69) is 31.9 Å². The third-order valence-corrected chi connectivity index (χ3v) is 16.8. The smallest absolute Gasteiger partial charge is 0.248 e. The standard InChI is InChI=1S/C64H74N8O20/c1-25(2)15-38(72(7)8)59(84)71-51-53(79)32-11-14-42(27(4)17-32)90-44-20-33-19-43(57(44)92-64-56(82)55(81)54(80)45(24-74)91-64)89-41-13-10-30(16-26(41)3)28(5)48-60(85)67-37(23-73)34-21-40(76)29(6)52(78)47(34)35-18-31(9-12-39(35)75)49(61(86)68-48)70-62(87)50(33)69-58(83)36(22-46(65)77)66-63(51)88/h9-14,16-21,23,25,28,36-38,45,48-51,53-56,64,74-76,78-82H,15,22,24H2,1-8H3,(H2,65,77)(H,66,88)(H,67,85)(H,68,86)(H,69,83)(H,70,87)(H,71,84)/t28-,36+,37+,38-,45-,48+,49-,50-,51-,53-,54-,55+,56-,64+/m1/s1. The van der Waals surface area contributed by atoms with Gasteiger partial charge in [0.15, 0.2) is 11.5 Å². The average Bonchev–Trinajstić information content (AvgIpc) is 0.783. The summed E-state index contributed by atoms with van der Waals surface area (Å²) in [6.07, 6.45) is -11.6. The van der Waals surface area contributed by atoms with Crippen LogP contribution in [0.15, 0.2) is 72.8 Å². The van der Waals surface area contributed by atoms with Crippen LogP contribution in [-0.2, 0) is 43.1 Å². The van der Waals surface area contributed by atoms with Gasteiger partial charge in [-0.05, 0) is 135 Å². The maximum Gasteiger partial charge on any atom is 0.248 e. The molecule has 16 N–H and O–H groups in total. The highest BCUT2D eigenvalue weighted by molar-refractivity contribution is 6.00. The minimum Gasteiger partial charge on any atom is -0.508 e. The number of aldehydes is 1. The molecule has 6 aliphatic heterocycles. The molecule has 1 fully saturated rings. The van der Waals surface area contributed by atoms with Gasteiger partial charge in [-0.2, -0.15) is 0 Å². The van der Waals surface area contributed by atoms with Gasteiger partial charge in [-0.25, -0.2) is 0 Å². The van der Waals surface area contributed by atoms with Crippen LogP contribution in [-0.4, -0.2) is 169 Å². The molecule has 0 radical (unpaired) electrons. The number of aliphatic hydroxyl groups excluding tert-OH is 5. The van der Waals surface area contributed by atoms with Gasteiger partial charge in [0.25, 0.3) is 0 Å². The minimum atomic E-state index is -2.17. The maximum absolute atomic E-state index is 15.9. The van der Waals surface area contributed by atoms with Crippen LogP contribution in [0, 0.1) is 26.7 Å². The van der Waals surface area contributed by atoms with E-state index in [0.717, 1.165) is 18.2 Å². The lowest BCUT2D eigenvalue weighted by atomic mass is 9.87. The number of rotatable bonds is 11. The van der Waals surface area contributed by atoms with Gasteiger partial charge in [-0.3, -0.25) is 38.5 Å². The summed E-state index contributed by atoms with van der Waals surface area (Å²) in [5.41, 5.74) is 5.38. The molecular weight excluding hydrogens is 1200 g/mol. The van der Waals surface area contributed by atoms with E-state index in [-0.39, 0.29) is 61.9 Å². The molecule has 0 aromatic heterocycles. The lowest BCUT2D eigenvalue weighted by molar-refractivity contribution is -0.277. The van der Waals surface area contributed by atoms with Crippen molar-refractivity contribution < 1.29 is 98.2 Å². The van der Waals surface area contributed by atoms with Gasteiger partial charge in [0.2, 0.25) is 53.4 Å². The van der Waals surface area contributed by atoms with Crippen molar-refractivity contribution in [2.45, 2.75) is 139 Å². The number of carbonyl (C=O) groups excluding carboxylic acids is 8. The molecule has 6 aliphatic rings. The van der Waals surface area contributed by atoms with Crippen molar-refractivity contribution in [3.63, 3.8) is 0 Å². The van der Waals surface area contributed by atoms with Gasteiger partial charge in [0.1, 0.15) is 102 Å². The Morgan fingerprint density at radius 3 is 1.89 bits per heavy atom. The molecule has 11 bridgehead atoms. The monoisotopic (exact) mass is 1270 g/mol. The number of nitrogens with zero attached hydrogens (tertiary/aromatic N) is 1. The van der Waals surface area contributed by atoms with Gasteiger partial charge in [0, 0.05) is 22.6 Å². The second-order valence-electron chi connectivity index (χ2n) is 24.1. The number of nitrogens with one attached hydrogen (secondary N) is 6. The highest BCUT2D eigenvalue weighted by Crippen LogP contribution is 2.49. The lowest BCUT2D eigenvalue weighted by Gasteiger charge is -2.39. The highest BCUT2D eigenvalue weighted by atomic mass is 16.7. The van der Waals surface area contributed by atoms with Crippen LogP contribution in [0.5, 0.6) is 46.0 Å². The largest absolute Gasteiger partial charge is 0.508 e. The number of carbonyl (C=O) groups is 8. The third kappa shape index (κ3) is 13.6.